The third-order valence-corrected chi connectivity index (χ3v) is 6.69. The van der Waals surface area contributed by atoms with E-state index >= 15 is 0 Å². The van der Waals surface area contributed by atoms with E-state index in [-0.39, 0.29) is 17.3 Å². The molecule has 0 saturated heterocycles. The summed E-state index contributed by atoms with van der Waals surface area (Å²) in [6.45, 7) is 6.39. The van der Waals surface area contributed by atoms with Crippen molar-refractivity contribution in [3.05, 3.63) is 49.8 Å². The first-order chi connectivity index (χ1) is 12.7. The van der Waals surface area contributed by atoms with Crippen molar-refractivity contribution in [2.24, 2.45) is 0 Å². The molecular formula is C21H24BrNO3S. The zero-order chi connectivity index (χ0) is 19.8. The molecule has 0 atom stereocenters. The summed E-state index contributed by atoms with van der Waals surface area (Å²) < 4.78 is 5.87. The first-order valence-corrected chi connectivity index (χ1v) is 10.7. The zero-order valence-electron chi connectivity index (χ0n) is 16.1. The van der Waals surface area contributed by atoms with Gasteiger partial charge in [0.2, 0.25) is 0 Å². The average Bonchev–Trinajstić information content (AvgIpc) is 2.97. The number of thiophene rings is 1. The third-order valence-electron chi connectivity index (χ3n) is 4.83. The van der Waals surface area contributed by atoms with E-state index in [1.165, 1.54) is 23.3 Å². The second-order valence-corrected chi connectivity index (χ2v) is 9.76. The van der Waals surface area contributed by atoms with E-state index in [2.05, 4.69) is 42.0 Å². The van der Waals surface area contributed by atoms with Crippen LogP contribution in [-0.4, -0.2) is 19.0 Å². The minimum Gasteiger partial charge on any atom is -0.465 e. The summed E-state index contributed by atoms with van der Waals surface area (Å²) in [5, 5.41) is 3.53. The smallest absolute Gasteiger partial charge is 0.341 e. The van der Waals surface area contributed by atoms with E-state index < -0.39 is 0 Å². The molecule has 1 amide bonds. The Kier molecular flexibility index (Phi) is 5.77. The number of esters is 1. The van der Waals surface area contributed by atoms with Gasteiger partial charge in [-0.15, -0.1) is 11.3 Å². The Morgan fingerprint density at radius 1 is 1.19 bits per heavy atom. The van der Waals surface area contributed by atoms with E-state index in [4.69, 9.17) is 4.74 Å². The standard InChI is InChI=1S/C21H24BrNO3S/c1-21(2,3)14-10-9-12(11-15(14)22)18(24)23-19-17(20(25)26-4)13-7-5-6-8-16(13)27-19/h9-11H,5-8H2,1-4H3,(H,23,24). The van der Waals surface area contributed by atoms with Crippen LogP contribution in [0.2, 0.25) is 0 Å². The van der Waals surface area contributed by atoms with E-state index in [1.807, 2.05) is 18.2 Å². The molecule has 1 aliphatic rings. The third kappa shape index (κ3) is 4.11. The number of amides is 1. The Balaban J connectivity index is 1.91. The van der Waals surface area contributed by atoms with Gasteiger partial charge in [0.25, 0.3) is 5.91 Å². The summed E-state index contributed by atoms with van der Waals surface area (Å²) in [4.78, 5) is 26.3. The van der Waals surface area contributed by atoms with Crippen molar-refractivity contribution in [2.75, 3.05) is 12.4 Å². The average molecular weight is 450 g/mol. The van der Waals surface area contributed by atoms with E-state index in [9.17, 15) is 9.59 Å². The highest BCUT2D eigenvalue weighted by molar-refractivity contribution is 9.10. The van der Waals surface area contributed by atoms with E-state index in [0.29, 0.717) is 16.1 Å². The second-order valence-electron chi connectivity index (χ2n) is 7.81. The van der Waals surface area contributed by atoms with Crippen molar-refractivity contribution in [1.29, 1.82) is 0 Å². The summed E-state index contributed by atoms with van der Waals surface area (Å²) in [7, 11) is 1.38. The lowest BCUT2D eigenvalue weighted by molar-refractivity contribution is 0.0601. The second kappa shape index (κ2) is 7.76. The minimum atomic E-state index is -0.381. The van der Waals surface area contributed by atoms with Gasteiger partial charge in [0, 0.05) is 14.9 Å². The van der Waals surface area contributed by atoms with Crippen LogP contribution >= 0.6 is 27.3 Å². The van der Waals surface area contributed by atoms with Gasteiger partial charge in [-0.3, -0.25) is 4.79 Å². The number of rotatable bonds is 3. The maximum absolute atomic E-state index is 12.8. The Morgan fingerprint density at radius 3 is 2.52 bits per heavy atom. The van der Waals surface area contributed by atoms with Crippen LogP contribution < -0.4 is 5.32 Å². The Bertz CT molecular complexity index is 896. The van der Waals surface area contributed by atoms with Crippen molar-refractivity contribution in [3.8, 4) is 0 Å². The fraction of sp³-hybridized carbons (Fsp3) is 0.429. The molecule has 4 nitrogen and oxygen atoms in total. The van der Waals surface area contributed by atoms with Gasteiger partial charge in [0.15, 0.2) is 0 Å². The lowest BCUT2D eigenvalue weighted by atomic mass is 9.86. The summed E-state index contributed by atoms with van der Waals surface area (Å²) in [6.07, 6.45) is 3.98. The highest BCUT2D eigenvalue weighted by Gasteiger charge is 2.27. The molecule has 2 aromatic rings. The molecule has 0 aliphatic heterocycles. The van der Waals surface area contributed by atoms with Crippen LogP contribution in [-0.2, 0) is 23.0 Å². The van der Waals surface area contributed by atoms with E-state index in [0.717, 1.165) is 41.3 Å². The largest absolute Gasteiger partial charge is 0.465 e. The molecule has 144 valence electrons. The first-order valence-electron chi connectivity index (χ1n) is 9.06. The maximum atomic E-state index is 12.8. The molecule has 6 heteroatoms. The topological polar surface area (TPSA) is 55.4 Å². The van der Waals surface area contributed by atoms with Crippen molar-refractivity contribution in [1.82, 2.24) is 0 Å². The molecule has 1 aromatic carbocycles. The number of benzene rings is 1. The van der Waals surface area contributed by atoms with Gasteiger partial charge in [0.05, 0.1) is 12.7 Å². The molecule has 0 saturated carbocycles. The Hall–Kier alpha value is -1.66. The Labute approximate surface area is 172 Å². The maximum Gasteiger partial charge on any atom is 0.341 e. The first kappa shape index (κ1) is 20.1. The molecule has 27 heavy (non-hydrogen) atoms. The normalized spacial score (nSPS) is 13.8. The number of hydrogen-bond acceptors (Lipinski definition) is 4. The van der Waals surface area contributed by atoms with Gasteiger partial charge < -0.3 is 10.1 Å². The summed E-state index contributed by atoms with van der Waals surface area (Å²) in [6, 6.07) is 5.63. The van der Waals surface area contributed by atoms with Crippen LogP contribution in [0.5, 0.6) is 0 Å². The molecule has 1 aromatic heterocycles. The van der Waals surface area contributed by atoms with Crippen molar-refractivity contribution < 1.29 is 14.3 Å². The van der Waals surface area contributed by atoms with Crippen molar-refractivity contribution in [2.45, 2.75) is 51.9 Å². The fourth-order valence-corrected chi connectivity index (χ4v) is 5.66. The van der Waals surface area contributed by atoms with Gasteiger partial charge in [-0.25, -0.2) is 4.79 Å². The highest BCUT2D eigenvalue weighted by atomic mass is 79.9. The molecule has 0 fully saturated rings. The number of aryl methyl sites for hydroxylation is 1. The van der Waals surface area contributed by atoms with Crippen LogP contribution in [0.4, 0.5) is 5.00 Å². The molecule has 0 radical (unpaired) electrons. The van der Waals surface area contributed by atoms with Crippen LogP contribution in [0, 0.1) is 0 Å². The number of halogens is 1. The van der Waals surface area contributed by atoms with Gasteiger partial charge >= 0.3 is 5.97 Å². The quantitative estimate of drug-likeness (QED) is 0.608. The molecule has 1 aliphatic carbocycles. The fourth-order valence-electron chi connectivity index (χ4n) is 3.41. The number of nitrogens with one attached hydrogen (secondary N) is 1. The molecule has 0 bridgehead atoms. The number of fused-ring (bicyclic) bond motifs is 1. The Morgan fingerprint density at radius 2 is 1.89 bits per heavy atom. The molecular weight excluding hydrogens is 426 g/mol. The van der Waals surface area contributed by atoms with Crippen LogP contribution in [0.3, 0.4) is 0 Å². The predicted octanol–water partition coefficient (Wildman–Crippen LogP) is 5.73. The lowest BCUT2D eigenvalue weighted by Gasteiger charge is -2.21. The van der Waals surface area contributed by atoms with Gasteiger partial charge in [-0.2, -0.15) is 0 Å². The molecule has 1 N–H and O–H groups in total. The predicted molar refractivity (Wildman–Crippen MR) is 113 cm³/mol. The molecule has 0 spiro atoms. The monoisotopic (exact) mass is 449 g/mol. The van der Waals surface area contributed by atoms with Crippen LogP contribution in [0.15, 0.2) is 22.7 Å². The summed E-state index contributed by atoms with van der Waals surface area (Å²) in [5.41, 5.74) is 3.24. The lowest BCUT2D eigenvalue weighted by Crippen LogP contribution is -2.16. The number of anilines is 1. The molecule has 0 unspecified atom stereocenters. The van der Waals surface area contributed by atoms with Crippen LogP contribution in [0.1, 0.15) is 70.3 Å². The minimum absolute atomic E-state index is 0.0152. The number of ether oxygens (including phenoxy) is 1. The van der Waals surface area contributed by atoms with Gasteiger partial charge in [0.1, 0.15) is 5.00 Å². The summed E-state index contributed by atoms with van der Waals surface area (Å²) in [5.74, 6) is -0.603. The van der Waals surface area contributed by atoms with Crippen molar-refractivity contribution >= 4 is 44.1 Å². The number of carbonyl (C=O) groups is 2. The zero-order valence-corrected chi connectivity index (χ0v) is 18.5. The molecule has 3 rings (SSSR count). The van der Waals surface area contributed by atoms with Gasteiger partial charge in [-0.1, -0.05) is 42.8 Å². The SMILES string of the molecule is COC(=O)c1c(NC(=O)c2ccc(C(C)(C)C)c(Br)c2)sc2c1CCCC2. The number of methoxy groups -OCH3 is 1. The summed E-state index contributed by atoms with van der Waals surface area (Å²) >= 11 is 5.08. The number of carbonyl (C=O) groups excluding carboxylic acids is 2. The highest BCUT2D eigenvalue weighted by Crippen LogP contribution is 2.39. The van der Waals surface area contributed by atoms with Crippen molar-refractivity contribution in [3.63, 3.8) is 0 Å². The van der Waals surface area contributed by atoms with E-state index in [1.54, 1.807) is 0 Å². The molecule has 1 heterocycles. The van der Waals surface area contributed by atoms with Gasteiger partial charge in [-0.05, 0) is 54.4 Å². The van der Waals surface area contributed by atoms with Crippen LogP contribution in [0.25, 0.3) is 0 Å². The number of hydrogen-bond donors (Lipinski definition) is 1.